The van der Waals surface area contributed by atoms with Gasteiger partial charge >= 0.3 is 6.18 Å². The van der Waals surface area contributed by atoms with Gasteiger partial charge in [-0.15, -0.1) is 0 Å². The van der Waals surface area contributed by atoms with Crippen molar-refractivity contribution in [3.63, 3.8) is 0 Å². The Morgan fingerprint density at radius 3 is 2.09 bits per heavy atom. The van der Waals surface area contributed by atoms with Crippen molar-refractivity contribution >= 4 is 5.71 Å². The Labute approximate surface area is 199 Å². The van der Waals surface area contributed by atoms with Crippen molar-refractivity contribution < 1.29 is 32.2 Å². The molecule has 2 aromatic rings. The molecule has 0 radical (unpaired) electrons. The van der Waals surface area contributed by atoms with Gasteiger partial charge in [0, 0.05) is 12.0 Å². The Morgan fingerprint density at radius 1 is 0.971 bits per heavy atom. The van der Waals surface area contributed by atoms with Crippen LogP contribution in [-0.4, -0.2) is 37.8 Å². The fourth-order valence-corrected chi connectivity index (χ4v) is 3.47. The summed E-state index contributed by atoms with van der Waals surface area (Å²) in [5.41, 5.74) is 0.755. The minimum Gasteiger partial charge on any atom is -0.491 e. The van der Waals surface area contributed by atoms with E-state index in [0.29, 0.717) is 18.8 Å². The number of allylic oxidation sites excluding steroid dienone is 1. The maximum atomic E-state index is 13.1. The first-order valence-electron chi connectivity index (χ1n) is 11.0. The number of alkyl halides is 3. The molecule has 186 valence electrons. The van der Waals surface area contributed by atoms with E-state index in [-0.39, 0.29) is 17.8 Å². The Balaban J connectivity index is 1.98. The van der Waals surface area contributed by atoms with Gasteiger partial charge in [-0.2, -0.15) is 13.2 Å². The predicted octanol–water partition coefficient (Wildman–Crippen LogP) is 6.80. The molecule has 34 heavy (non-hydrogen) atoms. The number of rotatable bonds is 11. The number of aryl methyl sites for hydroxylation is 2. The van der Waals surface area contributed by atoms with E-state index in [1.54, 1.807) is 0 Å². The fraction of sp³-hybridized carbons (Fsp3) is 0.423. The van der Waals surface area contributed by atoms with Gasteiger partial charge in [0.2, 0.25) is 0 Å². The van der Waals surface area contributed by atoms with Crippen LogP contribution in [0.4, 0.5) is 13.2 Å². The molecule has 0 fully saturated rings. The first kappa shape index (κ1) is 27.1. The van der Waals surface area contributed by atoms with E-state index in [1.165, 1.54) is 24.3 Å². The van der Waals surface area contributed by atoms with Gasteiger partial charge in [-0.05, 0) is 82.1 Å². The molecular formula is C26H32F3NO4. The van der Waals surface area contributed by atoms with Crippen molar-refractivity contribution in [1.82, 2.24) is 0 Å². The van der Waals surface area contributed by atoms with Crippen molar-refractivity contribution in [2.75, 3.05) is 13.7 Å². The van der Waals surface area contributed by atoms with E-state index in [1.807, 2.05) is 58.9 Å². The molecule has 0 spiro atoms. The highest BCUT2D eigenvalue weighted by molar-refractivity contribution is 6.04. The standard InChI is InChI=1S/C26H32F3NO4/c1-7-8-13-32-23-14-17(2)24(18(3)15-23)34-20(5)16-19(4)33-22-11-9-21(10-12-22)25(30-31-6)26(27,28)29/h7-12,14-15,19-20H,13,16H2,1-6H3/b8-7+,30-25-. The summed E-state index contributed by atoms with van der Waals surface area (Å²) >= 11 is 0. The summed E-state index contributed by atoms with van der Waals surface area (Å²) in [6.07, 6.45) is -0.530. The third-order valence-electron chi connectivity index (χ3n) is 4.91. The van der Waals surface area contributed by atoms with Gasteiger partial charge in [-0.25, -0.2) is 0 Å². The van der Waals surface area contributed by atoms with Crippen LogP contribution in [0.2, 0.25) is 0 Å². The third kappa shape index (κ3) is 8.01. The molecule has 0 aliphatic rings. The molecule has 2 aromatic carbocycles. The molecule has 0 aliphatic carbocycles. The number of halogens is 3. The Bertz CT molecular complexity index is 962. The quantitative estimate of drug-likeness (QED) is 0.202. The molecule has 2 atom stereocenters. The second-order valence-electron chi connectivity index (χ2n) is 8.00. The predicted molar refractivity (Wildman–Crippen MR) is 127 cm³/mol. The third-order valence-corrected chi connectivity index (χ3v) is 4.91. The zero-order valence-electron chi connectivity index (χ0n) is 20.4. The Kier molecular flexibility index (Phi) is 9.83. The van der Waals surface area contributed by atoms with Crippen molar-refractivity contribution in [2.45, 2.75) is 59.4 Å². The molecule has 0 N–H and O–H groups in total. The van der Waals surface area contributed by atoms with E-state index in [4.69, 9.17) is 14.2 Å². The minimum atomic E-state index is -4.62. The number of benzene rings is 2. The first-order valence-corrected chi connectivity index (χ1v) is 11.0. The van der Waals surface area contributed by atoms with E-state index in [2.05, 4.69) is 9.99 Å². The normalized spacial score (nSPS) is 14.1. The molecule has 2 unspecified atom stereocenters. The highest BCUT2D eigenvalue weighted by atomic mass is 19.4. The van der Waals surface area contributed by atoms with E-state index >= 15 is 0 Å². The number of ether oxygens (including phenoxy) is 3. The highest BCUT2D eigenvalue weighted by Crippen LogP contribution is 2.30. The summed E-state index contributed by atoms with van der Waals surface area (Å²) in [4.78, 5) is 4.33. The number of hydrogen-bond donors (Lipinski definition) is 0. The number of hydrogen-bond acceptors (Lipinski definition) is 5. The molecular weight excluding hydrogens is 447 g/mol. The lowest BCUT2D eigenvalue weighted by Crippen LogP contribution is -2.24. The van der Waals surface area contributed by atoms with Crippen LogP contribution in [0.1, 0.15) is 43.9 Å². The van der Waals surface area contributed by atoms with Gasteiger partial charge in [0.15, 0.2) is 5.71 Å². The molecule has 8 heteroatoms. The molecule has 0 bridgehead atoms. The van der Waals surface area contributed by atoms with Crippen LogP contribution in [-0.2, 0) is 4.84 Å². The minimum absolute atomic E-state index is 0.102. The maximum Gasteiger partial charge on any atom is 0.437 e. The van der Waals surface area contributed by atoms with E-state index in [0.717, 1.165) is 29.7 Å². The van der Waals surface area contributed by atoms with Crippen molar-refractivity contribution in [3.05, 3.63) is 65.2 Å². The molecule has 0 heterocycles. The first-order chi connectivity index (χ1) is 16.0. The van der Waals surface area contributed by atoms with Crippen LogP contribution < -0.4 is 14.2 Å². The van der Waals surface area contributed by atoms with E-state index in [9.17, 15) is 13.2 Å². The van der Waals surface area contributed by atoms with Crippen LogP contribution in [0.25, 0.3) is 0 Å². The highest BCUT2D eigenvalue weighted by Gasteiger charge is 2.37. The summed E-state index contributed by atoms with van der Waals surface area (Å²) in [6, 6.07) is 9.47. The zero-order valence-corrected chi connectivity index (χ0v) is 20.4. The van der Waals surface area contributed by atoms with Gasteiger partial charge in [0.1, 0.15) is 31.0 Å². The van der Waals surface area contributed by atoms with Crippen molar-refractivity contribution in [2.24, 2.45) is 5.16 Å². The zero-order chi connectivity index (χ0) is 25.3. The molecule has 0 aliphatic heterocycles. The van der Waals surface area contributed by atoms with Crippen LogP contribution in [0.15, 0.2) is 53.7 Å². The lowest BCUT2D eigenvalue weighted by Gasteiger charge is -2.23. The molecule has 0 amide bonds. The monoisotopic (exact) mass is 479 g/mol. The van der Waals surface area contributed by atoms with Gasteiger partial charge < -0.3 is 19.0 Å². The SMILES string of the molecule is C/C=C/COc1cc(C)c(OC(C)CC(C)Oc2ccc(/C(=N/OC)C(F)(F)F)cc2)c(C)c1. The largest absolute Gasteiger partial charge is 0.491 e. The lowest BCUT2D eigenvalue weighted by atomic mass is 10.1. The summed E-state index contributed by atoms with van der Waals surface area (Å²) in [6.45, 7) is 10.2. The van der Waals surface area contributed by atoms with Crippen LogP contribution in [0.5, 0.6) is 17.2 Å². The maximum absolute atomic E-state index is 13.1. The molecule has 0 saturated heterocycles. The van der Waals surface area contributed by atoms with Crippen LogP contribution >= 0.6 is 0 Å². The lowest BCUT2D eigenvalue weighted by molar-refractivity contribution is -0.0608. The smallest absolute Gasteiger partial charge is 0.437 e. The van der Waals surface area contributed by atoms with Gasteiger partial charge in [0.25, 0.3) is 0 Å². The van der Waals surface area contributed by atoms with Crippen molar-refractivity contribution in [1.29, 1.82) is 0 Å². The second-order valence-corrected chi connectivity index (χ2v) is 8.00. The van der Waals surface area contributed by atoms with Gasteiger partial charge in [0.05, 0.1) is 12.2 Å². The summed E-state index contributed by atoms with van der Waals surface area (Å²) in [5.74, 6) is 2.05. The average Bonchev–Trinajstić information content (AvgIpc) is 2.74. The molecule has 0 saturated carbocycles. The number of nitrogens with zero attached hydrogens (tertiary/aromatic N) is 1. The topological polar surface area (TPSA) is 49.3 Å². The fourth-order valence-electron chi connectivity index (χ4n) is 3.47. The van der Waals surface area contributed by atoms with Crippen LogP contribution in [0.3, 0.4) is 0 Å². The molecule has 0 aromatic heterocycles. The second kappa shape index (κ2) is 12.3. The Morgan fingerprint density at radius 2 is 1.56 bits per heavy atom. The molecule has 5 nitrogen and oxygen atoms in total. The van der Waals surface area contributed by atoms with Crippen LogP contribution in [0, 0.1) is 13.8 Å². The number of oxime groups is 1. The van der Waals surface area contributed by atoms with Crippen molar-refractivity contribution in [3.8, 4) is 17.2 Å². The van der Waals surface area contributed by atoms with E-state index < -0.39 is 11.9 Å². The molecule has 2 rings (SSSR count). The average molecular weight is 480 g/mol. The Hall–Kier alpha value is -3.16. The van der Waals surface area contributed by atoms with Gasteiger partial charge in [-0.3, -0.25) is 0 Å². The summed E-state index contributed by atoms with van der Waals surface area (Å²) < 4.78 is 57.1. The summed E-state index contributed by atoms with van der Waals surface area (Å²) in [5, 5.41) is 3.10. The summed E-state index contributed by atoms with van der Waals surface area (Å²) in [7, 11) is 1.07. The van der Waals surface area contributed by atoms with Gasteiger partial charge in [-0.1, -0.05) is 17.3 Å².